The van der Waals surface area contributed by atoms with Gasteiger partial charge in [0.05, 0.1) is 5.92 Å². The second-order valence-corrected chi connectivity index (χ2v) is 7.32. The summed E-state index contributed by atoms with van der Waals surface area (Å²) in [6.07, 6.45) is 20.5. The van der Waals surface area contributed by atoms with Crippen LogP contribution in [0, 0.1) is 24.2 Å². The summed E-state index contributed by atoms with van der Waals surface area (Å²) in [5, 5.41) is 31.4. The molecule has 0 fully saturated rings. The third-order valence-corrected chi connectivity index (χ3v) is 5.04. The van der Waals surface area contributed by atoms with Gasteiger partial charge in [0.2, 0.25) is 0 Å². The Bertz CT molecular complexity index is 601. The smallest absolute Gasteiger partial charge is 0.155 e. The molecule has 1 aliphatic carbocycles. The van der Waals surface area contributed by atoms with Gasteiger partial charge in [-0.05, 0) is 51.0 Å². The van der Waals surface area contributed by atoms with Crippen molar-refractivity contribution >= 4 is 0 Å². The lowest BCUT2D eigenvalue weighted by Crippen LogP contribution is -2.36. The normalized spacial score (nSPS) is 18.1. The van der Waals surface area contributed by atoms with Crippen LogP contribution in [0.1, 0.15) is 52.9 Å². The first-order valence-corrected chi connectivity index (χ1v) is 10.8. The summed E-state index contributed by atoms with van der Waals surface area (Å²) in [4.78, 5) is 0. The van der Waals surface area contributed by atoms with Crippen LogP contribution in [0.15, 0.2) is 47.6 Å². The predicted octanol–water partition coefficient (Wildman–Crippen LogP) is 3.69. The zero-order chi connectivity index (χ0) is 22.8. The lowest BCUT2D eigenvalue weighted by molar-refractivity contribution is -0.0790. The Labute approximate surface area is 183 Å². The van der Waals surface area contributed by atoms with Crippen molar-refractivity contribution in [2.24, 2.45) is 11.8 Å². The number of rotatable bonds is 12. The molecule has 4 N–H and O–H groups in total. The number of nitrogens with one attached hydrogen (secondary N) is 1. The van der Waals surface area contributed by atoms with Crippen LogP contribution < -0.4 is 5.32 Å². The number of ether oxygens (including phenoxy) is 1. The molecule has 0 spiro atoms. The molecule has 170 valence electrons. The van der Waals surface area contributed by atoms with E-state index >= 15 is 0 Å². The van der Waals surface area contributed by atoms with E-state index in [0.717, 1.165) is 12.0 Å². The third-order valence-electron chi connectivity index (χ3n) is 5.04. The van der Waals surface area contributed by atoms with Gasteiger partial charge in [-0.15, -0.1) is 6.42 Å². The summed E-state index contributed by atoms with van der Waals surface area (Å²) in [5.41, 5.74) is 2.60. The second-order valence-electron chi connectivity index (χ2n) is 7.32. The molecule has 0 aromatic heterocycles. The van der Waals surface area contributed by atoms with Gasteiger partial charge in [-0.25, -0.2) is 0 Å². The largest absolute Gasteiger partial charge is 0.396 e. The molecule has 0 radical (unpaired) electrons. The van der Waals surface area contributed by atoms with E-state index in [9.17, 15) is 10.2 Å². The number of hydrogen-bond donors (Lipinski definition) is 4. The number of methoxy groups -OCH3 is 1. The van der Waals surface area contributed by atoms with Gasteiger partial charge in [-0.2, -0.15) is 0 Å². The van der Waals surface area contributed by atoms with E-state index < -0.39 is 18.4 Å². The molecular formula is C25H41NO4. The number of allylic oxidation sites excluding steroid dienone is 7. The number of terminal acetylenes is 1. The average molecular weight is 420 g/mol. The van der Waals surface area contributed by atoms with Gasteiger partial charge in [-0.3, -0.25) is 5.32 Å². The first-order chi connectivity index (χ1) is 14.4. The fourth-order valence-corrected chi connectivity index (χ4v) is 3.02. The number of aliphatic hydroxyl groups excluding tert-OH is 3. The van der Waals surface area contributed by atoms with Crippen LogP contribution in [-0.4, -0.2) is 48.1 Å². The molecule has 0 aromatic carbocycles. The second kappa shape index (κ2) is 18.1. The first-order valence-electron chi connectivity index (χ1n) is 10.8. The molecule has 30 heavy (non-hydrogen) atoms. The van der Waals surface area contributed by atoms with Crippen molar-refractivity contribution in [2.75, 3.05) is 20.3 Å². The lowest BCUT2D eigenvalue weighted by Gasteiger charge is -2.19. The van der Waals surface area contributed by atoms with Gasteiger partial charge in [0.25, 0.3) is 0 Å². The Morgan fingerprint density at radius 3 is 2.53 bits per heavy atom. The van der Waals surface area contributed by atoms with Crippen LogP contribution in [0.2, 0.25) is 0 Å². The van der Waals surface area contributed by atoms with Crippen LogP contribution in [-0.2, 0) is 4.74 Å². The average Bonchev–Trinajstić information content (AvgIpc) is 2.76. The standard InChI is InChI=1S/C18H31NO4.C7H10/c1-5-14(15(6-2)11-13-20)8-9-16(7-3)18(22)19-12-10-17(21)23-4;1-7-5-3-2-4-6-7/h3,5,8-9,15-22H,6,10-13H2,1-2,4H3;2-3,5H,4,6H2,1H3/b9-8-,14-5+;. The molecule has 0 aromatic rings. The van der Waals surface area contributed by atoms with Crippen molar-refractivity contribution in [3.8, 4) is 12.3 Å². The topological polar surface area (TPSA) is 82.0 Å². The summed E-state index contributed by atoms with van der Waals surface area (Å²) in [7, 11) is 1.42. The van der Waals surface area contributed by atoms with Gasteiger partial charge in [0, 0.05) is 26.7 Å². The first kappa shape index (κ1) is 28.3. The molecule has 4 unspecified atom stereocenters. The molecule has 0 saturated carbocycles. The predicted molar refractivity (Wildman–Crippen MR) is 124 cm³/mol. The molecule has 4 atom stereocenters. The van der Waals surface area contributed by atoms with Gasteiger partial charge < -0.3 is 20.1 Å². The molecule has 5 nitrogen and oxygen atoms in total. The molecule has 0 amide bonds. The van der Waals surface area contributed by atoms with Gasteiger partial charge in [0.15, 0.2) is 6.29 Å². The van der Waals surface area contributed by atoms with Crippen molar-refractivity contribution < 1.29 is 20.1 Å². The zero-order valence-corrected chi connectivity index (χ0v) is 19.1. The van der Waals surface area contributed by atoms with Crippen LogP contribution in [0.4, 0.5) is 0 Å². The summed E-state index contributed by atoms with van der Waals surface area (Å²) in [5.74, 6) is 2.36. The van der Waals surface area contributed by atoms with Crippen LogP contribution in [0.3, 0.4) is 0 Å². The maximum Gasteiger partial charge on any atom is 0.155 e. The van der Waals surface area contributed by atoms with Crippen molar-refractivity contribution in [1.82, 2.24) is 5.32 Å². The Morgan fingerprint density at radius 2 is 2.10 bits per heavy atom. The Hall–Kier alpha value is -1.68. The minimum absolute atomic E-state index is 0.147. The number of hydrogen-bond acceptors (Lipinski definition) is 5. The monoisotopic (exact) mass is 419 g/mol. The van der Waals surface area contributed by atoms with Crippen molar-refractivity contribution in [3.63, 3.8) is 0 Å². The maximum atomic E-state index is 10.1. The van der Waals surface area contributed by atoms with Gasteiger partial charge in [0.1, 0.15) is 6.23 Å². The summed E-state index contributed by atoms with van der Waals surface area (Å²) < 4.78 is 4.73. The van der Waals surface area contributed by atoms with Crippen molar-refractivity contribution in [1.29, 1.82) is 0 Å². The van der Waals surface area contributed by atoms with E-state index in [4.69, 9.17) is 16.3 Å². The Kier molecular flexibility index (Phi) is 17.1. The maximum absolute atomic E-state index is 10.1. The Balaban J connectivity index is 0.000001000. The molecular weight excluding hydrogens is 378 g/mol. The Morgan fingerprint density at radius 1 is 1.37 bits per heavy atom. The minimum atomic E-state index is -0.892. The van der Waals surface area contributed by atoms with Crippen molar-refractivity contribution in [2.45, 2.75) is 65.4 Å². The SMILES string of the molecule is C#CC(/C=C\C(=C/C)C(CC)CCO)C(O)NCCC(O)OC.CC1=CC=CCC1. The molecule has 0 aliphatic heterocycles. The highest BCUT2D eigenvalue weighted by Gasteiger charge is 2.15. The zero-order valence-electron chi connectivity index (χ0n) is 19.1. The molecule has 1 aliphatic rings. The summed E-state index contributed by atoms with van der Waals surface area (Å²) >= 11 is 0. The van der Waals surface area contributed by atoms with Crippen LogP contribution in [0.5, 0.6) is 0 Å². The molecule has 0 saturated heterocycles. The van der Waals surface area contributed by atoms with Gasteiger partial charge in [-0.1, -0.05) is 54.9 Å². The van der Waals surface area contributed by atoms with Crippen LogP contribution in [0.25, 0.3) is 0 Å². The molecule has 0 heterocycles. The highest BCUT2D eigenvalue weighted by Crippen LogP contribution is 2.21. The third kappa shape index (κ3) is 12.8. The molecule has 1 rings (SSSR count). The molecule has 0 bridgehead atoms. The fraction of sp³-hybridized carbons (Fsp3) is 0.600. The summed E-state index contributed by atoms with van der Waals surface area (Å²) in [6.45, 7) is 6.73. The lowest BCUT2D eigenvalue weighted by atomic mass is 9.91. The summed E-state index contributed by atoms with van der Waals surface area (Å²) in [6, 6.07) is 0. The van der Waals surface area contributed by atoms with E-state index in [-0.39, 0.29) is 12.5 Å². The van der Waals surface area contributed by atoms with Gasteiger partial charge >= 0.3 is 0 Å². The molecule has 5 heteroatoms. The van der Waals surface area contributed by atoms with E-state index in [1.165, 1.54) is 25.5 Å². The van der Waals surface area contributed by atoms with E-state index in [2.05, 4.69) is 43.3 Å². The quantitative estimate of drug-likeness (QED) is 0.220. The highest BCUT2D eigenvalue weighted by molar-refractivity contribution is 5.24. The van der Waals surface area contributed by atoms with E-state index in [1.807, 2.05) is 19.1 Å². The van der Waals surface area contributed by atoms with Crippen LogP contribution >= 0.6 is 0 Å². The number of aliphatic hydroxyl groups is 3. The minimum Gasteiger partial charge on any atom is -0.396 e. The van der Waals surface area contributed by atoms with E-state index in [1.54, 1.807) is 6.08 Å². The van der Waals surface area contributed by atoms with Crippen molar-refractivity contribution in [3.05, 3.63) is 47.6 Å². The highest BCUT2D eigenvalue weighted by atomic mass is 16.6. The van der Waals surface area contributed by atoms with E-state index in [0.29, 0.717) is 19.4 Å². The fourth-order valence-electron chi connectivity index (χ4n) is 3.02.